The molecule has 2 aromatic carbocycles. The predicted molar refractivity (Wildman–Crippen MR) is 103 cm³/mol. The van der Waals surface area contributed by atoms with Crippen molar-refractivity contribution in [2.45, 2.75) is 6.61 Å². The zero-order valence-corrected chi connectivity index (χ0v) is 15.0. The Morgan fingerprint density at radius 2 is 2.10 bits per heavy atom. The van der Waals surface area contributed by atoms with Gasteiger partial charge in [0.05, 0.1) is 16.8 Å². The fourth-order valence-electron chi connectivity index (χ4n) is 3.05. The van der Waals surface area contributed by atoms with E-state index < -0.39 is 23.2 Å². The van der Waals surface area contributed by atoms with Crippen LogP contribution in [-0.4, -0.2) is 22.6 Å². The maximum Gasteiger partial charge on any atom is 0.338 e. The van der Waals surface area contributed by atoms with Gasteiger partial charge in [0.25, 0.3) is 0 Å². The Morgan fingerprint density at radius 3 is 2.83 bits per heavy atom. The SMILES string of the molecule is Nc1nc2ccc(F)cc2cc1OCc1cc(C(=O)O)c(F)cc1N1C=CCN1. The highest BCUT2D eigenvalue weighted by molar-refractivity contribution is 5.89. The van der Waals surface area contributed by atoms with E-state index in [4.69, 9.17) is 10.5 Å². The lowest BCUT2D eigenvalue weighted by atomic mass is 10.1. The van der Waals surface area contributed by atoms with Gasteiger partial charge in [0, 0.05) is 29.8 Å². The number of nitrogens with zero attached hydrogens (tertiary/aromatic N) is 2. The second-order valence-corrected chi connectivity index (χ2v) is 6.38. The number of carboxylic acid groups (broad SMARTS) is 1. The van der Waals surface area contributed by atoms with Gasteiger partial charge in [-0.1, -0.05) is 6.08 Å². The number of hydrogen-bond acceptors (Lipinski definition) is 6. The van der Waals surface area contributed by atoms with E-state index >= 15 is 0 Å². The number of rotatable bonds is 5. The first-order valence-electron chi connectivity index (χ1n) is 8.66. The van der Waals surface area contributed by atoms with Crippen LogP contribution in [0, 0.1) is 11.6 Å². The minimum Gasteiger partial charge on any atom is -0.485 e. The quantitative estimate of drug-likeness (QED) is 0.607. The number of ether oxygens (including phenoxy) is 1. The molecule has 7 nitrogen and oxygen atoms in total. The summed E-state index contributed by atoms with van der Waals surface area (Å²) < 4.78 is 33.4. The Balaban J connectivity index is 1.69. The van der Waals surface area contributed by atoms with Gasteiger partial charge >= 0.3 is 5.97 Å². The molecule has 0 radical (unpaired) electrons. The number of carboxylic acids is 1. The van der Waals surface area contributed by atoms with Crippen molar-refractivity contribution < 1.29 is 23.4 Å². The Hall–Kier alpha value is -3.72. The van der Waals surface area contributed by atoms with Crippen molar-refractivity contribution in [1.29, 1.82) is 0 Å². The predicted octanol–water partition coefficient (Wildman–Crippen LogP) is 3.21. The van der Waals surface area contributed by atoms with Crippen molar-refractivity contribution >= 4 is 28.4 Å². The fourth-order valence-corrected chi connectivity index (χ4v) is 3.05. The summed E-state index contributed by atoms with van der Waals surface area (Å²) in [5.74, 6) is -2.36. The lowest BCUT2D eigenvalue weighted by molar-refractivity contribution is 0.0691. The van der Waals surface area contributed by atoms with Crippen molar-refractivity contribution in [1.82, 2.24) is 10.4 Å². The molecule has 1 aliphatic heterocycles. The summed E-state index contributed by atoms with van der Waals surface area (Å²) in [7, 11) is 0. The molecule has 1 aromatic heterocycles. The van der Waals surface area contributed by atoms with Crippen LogP contribution in [0.1, 0.15) is 15.9 Å². The largest absolute Gasteiger partial charge is 0.485 e. The molecule has 0 saturated carbocycles. The molecule has 1 aliphatic rings. The second-order valence-electron chi connectivity index (χ2n) is 6.38. The van der Waals surface area contributed by atoms with Crippen molar-refractivity contribution in [3.8, 4) is 5.75 Å². The van der Waals surface area contributed by atoms with Gasteiger partial charge in [0.15, 0.2) is 11.6 Å². The summed E-state index contributed by atoms with van der Waals surface area (Å²) >= 11 is 0. The number of fused-ring (bicyclic) bond motifs is 1. The monoisotopic (exact) mass is 398 g/mol. The molecule has 2 heterocycles. The molecular weight excluding hydrogens is 382 g/mol. The van der Waals surface area contributed by atoms with Gasteiger partial charge in [-0.05, 0) is 30.3 Å². The first kappa shape index (κ1) is 18.6. The molecule has 0 spiro atoms. The van der Waals surface area contributed by atoms with E-state index in [9.17, 15) is 18.7 Å². The van der Waals surface area contributed by atoms with E-state index in [0.717, 1.165) is 6.07 Å². The van der Waals surface area contributed by atoms with Crippen LogP contribution in [-0.2, 0) is 6.61 Å². The molecule has 0 saturated heterocycles. The van der Waals surface area contributed by atoms with E-state index in [1.807, 2.05) is 6.08 Å². The Labute approximate surface area is 164 Å². The van der Waals surface area contributed by atoms with Gasteiger partial charge < -0.3 is 15.6 Å². The van der Waals surface area contributed by atoms with Crippen LogP contribution in [0.25, 0.3) is 10.9 Å². The van der Waals surface area contributed by atoms with Crippen LogP contribution in [0.3, 0.4) is 0 Å². The van der Waals surface area contributed by atoms with E-state index in [2.05, 4.69) is 10.4 Å². The van der Waals surface area contributed by atoms with Gasteiger partial charge in [-0.15, -0.1) is 0 Å². The number of pyridine rings is 1. The highest BCUT2D eigenvalue weighted by Crippen LogP contribution is 2.30. The lowest BCUT2D eigenvalue weighted by Crippen LogP contribution is -2.29. The average molecular weight is 398 g/mol. The number of nitrogen functional groups attached to an aromatic ring is 1. The van der Waals surface area contributed by atoms with Crippen molar-refractivity contribution in [2.24, 2.45) is 0 Å². The maximum atomic E-state index is 14.2. The molecule has 148 valence electrons. The molecule has 9 heteroatoms. The number of benzene rings is 2. The average Bonchev–Trinajstić information content (AvgIpc) is 3.21. The Morgan fingerprint density at radius 1 is 1.28 bits per heavy atom. The molecule has 0 atom stereocenters. The van der Waals surface area contributed by atoms with Gasteiger partial charge in [0.1, 0.15) is 18.2 Å². The molecule has 4 rings (SSSR count). The summed E-state index contributed by atoms with van der Waals surface area (Å²) in [6.45, 7) is 0.449. The van der Waals surface area contributed by atoms with Crippen molar-refractivity contribution in [2.75, 3.05) is 17.3 Å². The highest BCUT2D eigenvalue weighted by atomic mass is 19.1. The first-order valence-corrected chi connectivity index (χ1v) is 8.66. The molecule has 0 amide bonds. The van der Waals surface area contributed by atoms with Gasteiger partial charge in [0.2, 0.25) is 0 Å². The Bertz CT molecular complexity index is 1150. The number of anilines is 2. The minimum absolute atomic E-state index is 0.102. The van der Waals surface area contributed by atoms with E-state index in [0.29, 0.717) is 28.7 Å². The summed E-state index contributed by atoms with van der Waals surface area (Å²) in [6.07, 6.45) is 3.53. The van der Waals surface area contributed by atoms with Crippen LogP contribution in [0.4, 0.5) is 20.3 Å². The number of carbonyl (C=O) groups is 1. The zero-order valence-electron chi connectivity index (χ0n) is 15.0. The standard InChI is InChI=1S/C20H16F2N4O3/c21-13-2-3-16-11(6-13)8-18(19(23)25-16)29-10-12-7-14(20(27)28)15(22)9-17(12)26-5-1-4-24-26/h1-3,5-9,24H,4,10H2,(H2,23,25)(H,27,28). The summed E-state index contributed by atoms with van der Waals surface area (Å²) in [5.41, 5.74) is 9.80. The third-order valence-corrected chi connectivity index (χ3v) is 4.44. The first-order chi connectivity index (χ1) is 13.9. The molecule has 0 unspecified atom stereocenters. The van der Waals surface area contributed by atoms with Crippen LogP contribution in [0.2, 0.25) is 0 Å². The van der Waals surface area contributed by atoms with Gasteiger partial charge in [-0.3, -0.25) is 5.01 Å². The second kappa shape index (κ2) is 7.36. The molecule has 0 fully saturated rings. The molecule has 0 aliphatic carbocycles. The molecule has 4 N–H and O–H groups in total. The number of halogens is 2. The molecule has 0 bridgehead atoms. The minimum atomic E-state index is -1.39. The van der Waals surface area contributed by atoms with E-state index in [1.165, 1.54) is 24.3 Å². The number of nitrogens with two attached hydrogens (primary N) is 1. The van der Waals surface area contributed by atoms with Crippen LogP contribution < -0.4 is 20.9 Å². The summed E-state index contributed by atoms with van der Waals surface area (Å²) in [4.78, 5) is 15.5. The third kappa shape index (κ3) is 3.67. The lowest BCUT2D eigenvalue weighted by Gasteiger charge is -2.21. The highest BCUT2D eigenvalue weighted by Gasteiger charge is 2.20. The molecule has 29 heavy (non-hydrogen) atoms. The number of nitrogens with one attached hydrogen (secondary N) is 1. The fraction of sp³-hybridized carbons (Fsp3) is 0.100. The van der Waals surface area contributed by atoms with Crippen LogP contribution >= 0.6 is 0 Å². The van der Waals surface area contributed by atoms with Crippen molar-refractivity contribution in [3.63, 3.8) is 0 Å². The molecular formula is C20H16F2N4O3. The smallest absolute Gasteiger partial charge is 0.338 e. The number of aromatic carboxylic acids is 1. The maximum absolute atomic E-state index is 14.2. The van der Waals surface area contributed by atoms with E-state index in [1.54, 1.807) is 17.3 Å². The van der Waals surface area contributed by atoms with Crippen LogP contribution in [0.15, 0.2) is 48.7 Å². The third-order valence-electron chi connectivity index (χ3n) is 4.44. The molecule has 3 aromatic rings. The van der Waals surface area contributed by atoms with E-state index in [-0.39, 0.29) is 18.2 Å². The van der Waals surface area contributed by atoms with Crippen LogP contribution in [0.5, 0.6) is 5.75 Å². The number of hydrogen-bond donors (Lipinski definition) is 3. The number of aromatic nitrogens is 1. The normalized spacial score (nSPS) is 13.2. The van der Waals surface area contributed by atoms with Crippen molar-refractivity contribution in [3.05, 3.63) is 71.4 Å². The summed E-state index contributed by atoms with van der Waals surface area (Å²) in [6, 6.07) is 7.99. The summed E-state index contributed by atoms with van der Waals surface area (Å²) in [5, 5.41) is 11.3. The topological polar surface area (TPSA) is 101 Å². The van der Waals surface area contributed by atoms with Gasteiger partial charge in [-0.25, -0.2) is 24.0 Å². The van der Waals surface area contributed by atoms with Gasteiger partial charge in [-0.2, -0.15) is 0 Å². The zero-order chi connectivity index (χ0) is 20.5. The number of hydrazine groups is 1. The Kier molecular flexibility index (Phi) is 4.73.